The molecule has 27 heavy (non-hydrogen) atoms. The summed E-state index contributed by atoms with van der Waals surface area (Å²) < 4.78 is 1.60. The van der Waals surface area contributed by atoms with Gasteiger partial charge in [-0.3, -0.25) is 9.36 Å². The number of halogens is 2. The van der Waals surface area contributed by atoms with Gasteiger partial charge in [0.05, 0.1) is 21.3 Å². The lowest BCUT2D eigenvalue weighted by Gasteiger charge is -2.38. The van der Waals surface area contributed by atoms with E-state index >= 15 is 0 Å². The number of nitrogens with zero attached hydrogens (tertiary/aromatic N) is 3. The number of aryl methyl sites for hydroxylation is 1. The van der Waals surface area contributed by atoms with Crippen molar-refractivity contribution in [1.82, 2.24) is 9.55 Å². The molecule has 0 spiro atoms. The third-order valence-corrected chi connectivity index (χ3v) is 6.44. The number of hydrogen-bond acceptors (Lipinski definition) is 4. The summed E-state index contributed by atoms with van der Waals surface area (Å²) in [4.78, 5) is 20.6. The summed E-state index contributed by atoms with van der Waals surface area (Å²) >= 11 is 12.6. The van der Waals surface area contributed by atoms with Gasteiger partial charge in [-0.15, -0.1) is 0 Å². The van der Waals surface area contributed by atoms with E-state index in [2.05, 4.69) is 11.8 Å². The molecule has 0 atom stereocenters. The standard InChI is InChI=1S/C20H24Cl2N4O/c1-12-24-18(25-10-8-20(2,23)9-11-25)16(13-6-7-13)19(27)26(12)15-5-3-4-14(21)17(15)22/h3-5,13H,6-11,23H2,1-2H3. The van der Waals surface area contributed by atoms with Gasteiger partial charge in [-0.2, -0.15) is 0 Å². The normalized spacial score (nSPS) is 19.4. The molecule has 1 saturated carbocycles. The molecule has 2 fully saturated rings. The molecular weight excluding hydrogens is 383 g/mol. The third-order valence-electron chi connectivity index (χ3n) is 5.63. The SMILES string of the molecule is Cc1nc(N2CCC(C)(N)CC2)c(C2CC2)c(=O)n1-c1cccc(Cl)c1Cl. The van der Waals surface area contributed by atoms with E-state index in [4.69, 9.17) is 33.9 Å². The largest absolute Gasteiger partial charge is 0.356 e. The lowest BCUT2D eigenvalue weighted by molar-refractivity contribution is 0.362. The molecule has 2 aliphatic rings. The highest BCUT2D eigenvalue weighted by atomic mass is 35.5. The van der Waals surface area contributed by atoms with Gasteiger partial charge in [-0.1, -0.05) is 29.3 Å². The van der Waals surface area contributed by atoms with Crippen LogP contribution < -0.4 is 16.2 Å². The molecule has 144 valence electrons. The van der Waals surface area contributed by atoms with Crippen LogP contribution in [0.3, 0.4) is 0 Å². The van der Waals surface area contributed by atoms with Crippen LogP contribution in [0.4, 0.5) is 5.82 Å². The maximum Gasteiger partial charge on any atom is 0.263 e. The summed E-state index contributed by atoms with van der Waals surface area (Å²) in [5.41, 5.74) is 7.48. The first-order valence-electron chi connectivity index (χ1n) is 9.40. The molecule has 1 saturated heterocycles. The zero-order valence-electron chi connectivity index (χ0n) is 15.6. The molecule has 0 bridgehead atoms. The number of nitrogens with two attached hydrogens (primary N) is 1. The second kappa shape index (κ2) is 6.80. The third kappa shape index (κ3) is 3.48. The van der Waals surface area contributed by atoms with E-state index < -0.39 is 0 Å². The summed E-state index contributed by atoms with van der Waals surface area (Å²) in [6.07, 6.45) is 3.83. The first kappa shape index (κ1) is 18.8. The fourth-order valence-corrected chi connectivity index (χ4v) is 4.16. The van der Waals surface area contributed by atoms with Crippen LogP contribution in [0.5, 0.6) is 0 Å². The first-order chi connectivity index (χ1) is 12.8. The van der Waals surface area contributed by atoms with Crippen LogP contribution >= 0.6 is 23.2 Å². The minimum absolute atomic E-state index is 0.0368. The lowest BCUT2D eigenvalue weighted by atomic mass is 9.91. The van der Waals surface area contributed by atoms with Crippen LogP contribution in [0.2, 0.25) is 10.0 Å². The molecule has 2 N–H and O–H groups in total. The summed E-state index contributed by atoms with van der Waals surface area (Å²) in [6, 6.07) is 5.32. The minimum Gasteiger partial charge on any atom is -0.356 e. The van der Waals surface area contributed by atoms with Crippen LogP contribution in [0.15, 0.2) is 23.0 Å². The van der Waals surface area contributed by atoms with E-state index in [1.165, 1.54) is 0 Å². The van der Waals surface area contributed by atoms with E-state index in [9.17, 15) is 4.79 Å². The molecule has 2 heterocycles. The van der Waals surface area contributed by atoms with Gasteiger partial charge >= 0.3 is 0 Å². The number of hydrogen-bond donors (Lipinski definition) is 1. The van der Waals surface area contributed by atoms with E-state index in [0.717, 1.165) is 50.2 Å². The van der Waals surface area contributed by atoms with Gasteiger partial charge in [0.1, 0.15) is 11.6 Å². The highest BCUT2D eigenvalue weighted by Crippen LogP contribution is 2.43. The summed E-state index contributed by atoms with van der Waals surface area (Å²) in [5.74, 6) is 1.71. The molecule has 1 aliphatic heterocycles. The lowest BCUT2D eigenvalue weighted by Crippen LogP contribution is -2.49. The average molecular weight is 407 g/mol. The summed E-state index contributed by atoms with van der Waals surface area (Å²) in [5, 5.41) is 0.799. The molecule has 1 aromatic carbocycles. The van der Waals surface area contributed by atoms with Crippen molar-refractivity contribution in [2.24, 2.45) is 5.73 Å². The molecule has 2 aromatic rings. The van der Waals surface area contributed by atoms with Crippen molar-refractivity contribution in [3.8, 4) is 5.69 Å². The Morgan fingerprint density at radius 3 is 2.52 bits per heavy atom. The second-order valence-corrected chi connectivity index (χ2v) is 8.81. The van der Waals surface area contributed by atoms with Crippen molar-refractivity contribution in [3.05, 3.63) is 50.0 Å². The van der Waals surface area contributed by atoms with Gasteiger partial charge in [-0.05, 0) is 57.6 Å². The van der Waals surface area contributed by atoms with Gasteiger partial charge in [0.2, 0.25) is 0 Å². The Morgan fingerprint density at radius 2 is 1.89 bits per heavy atom. The van der Waals surface area contributed by atoms with E-state index in [1.807, 2.05) is 6.92 Å². The quantitative estimate of drug-likeness (QED) is 0.834. The molecule has 0 unspecified atom stereocenters. The molecule has 5 nitrogen and oxygen atoms in total. The van der Waals surface area contributed by atoms with Gasteiger partial charge in [-0.25, -0.2) is 4.98 Å². The summed E-state index contributed by atoms with van der Waals surface area (Å²) in [7, 11) is 0. The molecule has 0 amide bonds. The first-order valence-corrected chi connectivity index (χ1v) is 10.2. The zero-order chi connectivity index (χ0) is 19.3. The minimum atomic E-state index is -0.144. The van der Waals surface area contributed by atoms with Crippen LogP contribution in [0.1, 0.15) is 49.9 Å². The average Bonchev–Trinajstić information content (AvgIpc) is 3.43. The van der Waals surface area contributed by atoms with Crippen LogP contribution in [0, 0.1) is 6.92 Å². The van der Waals surface area contributed by atoms with Crippen molar-refractivity contribution in [3.63, 3.8) is 0 Å². The Kier molecular flexibility index (Phi) is 4.73. The van der Waals surface area contributed by atoms with E-state index in [0.29, 0.717) is 21.6 Å². The van der Waals surface area contributed by atoms with Crippen molar-refractivity contribution >= 4 is 29.0 Å². The van der Waals surface area contributed by atoms with Crippen LogP contribution in [-0.2, 0) is 0 Å². The Balaban J connectivity index is 1.84. The Morgan fingerprint density at radius 1 is 1.22 bits per heavy atom. The van der Waals surface area contributed by atoms with E-state index in [-0.39, 0.29) is 17.0 Å². The second-order valence-electron chi connectivity index (χ2n) is 8.03. The van der Waals surface area contributed by atoms with Gasteiger partial charge in [0, 0.05) is 18.6 Å². The van der Waals surface area contributed by atoms with Crippen molar-refractivity contribution in [2.45, 2.75) is 51.0 Å². The molecule has 7 heteroatoms. The predicted molar refractivity (Wildman–Crippen MR) is 111 cm³/mol. The van der Waals surface area contributed by atoms with Gasteiger partial charge in [0.25, 0.3) is 5.56 Å². The fraction of sp³-hybridized carbons (Fsp3) is 0.500. The maximum atomic E-state index is 13.5. The zero-order valence-corrected chi connectivity index (χ0v) is 17.1. The highest BCUT2D eigenvalue weighted by molar-refractivity contribution is 6.43. The number of benzene rings is 1. The van der Waals surface area contributed by atoms with Crippen molar-refractivity contribution in [2.75, 3.05) is 18.0 Å². The summed E-state index contributed by atoms with van der Waals surface area (Å²) in [6.45, 7) is 5.57. The maximum absolute atomic E-state index is 13.5. The monoisotopic (exact) mass is 406 g/mol. The smallest absolute Gasteiger partial charge is 0.263 e. The van der Waals surface area contributed by atoms with Crippen LogP contribution in [0.25, 0.3) is 5.69 Å². The number of rotatable bonds is 3. The Hall–Kier alpha value is -1.56. The predicted octanol–water partition coefficient (Wildman–Crippen LogP) is 4.04. The highest BCUT2D eigenvalue weighted by Gasteiger charge is 2.35. The van der Waals surface area contributed by atoms with E-state index in [1.54, 1.807) is 22.8 Å². The van der Waals surface area contributed by atoms with Crippen LogP contribution in [-0.4, -0.2) is 28.2 Å². The molecule has 4 rings (SSSR count). The van der Waals surface area contributed by atoms with Gasteiger partial charge < -0.3 is 10.6 Å². The topological polar surface area (TPSA) is 64.2 Å². The van der Waals surface area contributed by atoms with Crippen molar-refractivity contribution < 1.29 is 0 Å². The van der Waals surface area contributed by atoms with Gasteiger partial charge in [0.15, 0.2) is 0 Å². The Bertz CT molecular complexity index is 940. The number of aromatic nitrogens is 2. The number of piperidine rings is 1. The number of anilines is 1. The molecule has 0 radical (unpaired) electrons. The van der Waals surface area contributed by atoms with Crippen molar-refractivity contribution in [1.29, 1.82) is 0 Å². The molecular formula is C20H24Cl2N4O. The molecule has 1 aliphatic carbocycles. The fourth-order valence-electron chi connectivity index (χ4n) is 3.77. The molecule has 1 aromatic heterocycles. The Labute approximate surface area is 169 Å².